The van der Waals surface area contributed by atoms with Gasteiger partial charge in [0.15, 0.2) is 5.15 Å². The molecule has 1 fully saturated rings. The lowest BCUT2D eigenvalue weighted by Crippen LogP contribution is -2.17. The van der Waals surface area contributed by atoms with E-state index < -0.39 is 0 Å². The molecule has 1 saturated heterocycles. The largest absolute Gasteiger partial charge is 0.381 e. The second-order valence-electron chi connectivity index (χ2n) is 3.85. The SMILES string of the molecule is Cn1c(CN)nc(Cl)c1C1CCOCC1. The van der Waals surface area contributed by atoms with E-state index in [4.69, 9.17) is 22.1 Å². The Kier molecular flexibility index (Phi) is 3.29. The lowest BCUT2D eigenvalue weighted by molar-refractivity contribution is 0.0839. The summed E-state index contributed by atoms with van der Waals surface area (Å²) in [6.07, 6.45) is 2.03. The van der Waals surface area contributed by atoms with Crippen molar-refractivity contribution >= 4 is 11.6 Å². The van der Waals surface area contributed by atoms with Crippen molar-refractivity contribution in [1.29, 1.82) is 0 Å². The average Bonchev–Trinajstić information content (AvgIpc) is 2.55. The topological polar surface area (TPSA) is 53.1 Å². The summed E-state index contributed by atoms with van der Waals surface area (Å²) < 4.78 is 7.36. The summed E-state index contributed by atoms with van der Waals surface area (Å²) in [4.78, 5) is 4.27. The number of hydrogen-bond donors (Lipinski definition) is 1. The number of hydrogen-bond acceptors (Lipinski definition) is 3. The first-order chi connectivity index (χ1) is 7.24. The van der Waals surface area contributed by atoms with Gasteiger partial charge in [0.05, 0.1) is 12.2 Å². The van der Waals surface area contributed by atoms with Crippen molar-refractivity contribution in [3.8, 4) is 0 Å². The van der Waals surface area contributed by atoms with Crippen LogP contribution in [0.1, 0.15) is 30.3 Å². The van der Waals surface area contributed by atoms with Crippen molar-refractivity contribution in [2.45, 2.75) is 25.3 Å². The molecule has 1 aliphatic heterocycles. The molecule has 15 heavy (non-hydrogen) atoms. The Labute approximate surface area is 94.4 Å². The third-order valence-corrected chi connectivity index (χ3v) is 3.26. The zero-order chi connectivity index (χ0) is 10.8. The molecule has 1 aromatic heterocycles. The highest BCUT2D eigenvalue weighted by molar-refractivity contribution is 6.30. The van der Waals surface area contributed by atoms with Crippen LogP contribution in [0.2, 0.25) is 5.15 Å². The number of aromatic nitrogens is 2. The Hall–Kier alpha value is -0.580. The summed E-state index contributed by atoms with van der Waals surface area (Å²) in [5.41, 5.74) is 6.71. The van der Waals surface area contributed by atoms with Crippen molar-refractivity contribution in [2.75, 3.05) is 13.2 Å². The molecule has 2 N–H and O–H groups in total. The van der Waals surface area contributed by atoms with Crippen LogP contribution in [0.15, 0.2) is 0 Å². The fraction of sp³-hybridized carbons (Fsp3) is 0.700. The predicted octanol–water partition coefficient (Wildman–Crippen LogP) is 1.43. The summed E-state index contributed by atoms with van der Waals surface area (Å²) in [7, 11) is 1.98. The van der Waals surface area contributed by atoms with Gasteiger partial charge in [-0.05, 0) is 12.8 Å². The maximum atomic E-state index is 6.13. The van der Waals surface area contributed by atoms with Gasteiger partial charge in [-0.25, -0.2) is 4.98 Å². The number of ether oxygens (including phenoxy) is 1. The zero-order valence-electron chi connectivity index (χ0n) is 8.87. The number of nitrogens with zero attached hydrogens (tertiary/aromatic N) is 2. The summed E-state index contributed by atoms with van der Waals surface area (Å²) in [5.74, 6) is 1.31. The molecule has 84 valence electrons. The molecular formula is C10H16ClN3O. The Balaban J connectivity index is 2.29. The number of imidazole rings is 1. The van der Waals surface area contributed by atoms with Gasteiger partial charge < -0.3 is 15.0 Å². The number of nitrogens with two attached hydrogens (primary N) is 1. The minimum absolute atomic E-state index is 0.430. The standard InChI is InChI=1S/C10H16ClN3O/c1-14-8(6-12)13-10(11)9(14)7-2-4-15-5-3-7/h7H,2-6,12H2,1H3. The van der Waals surface area contributed by atoms with Gasteiger partial charge in [-0.1, -0.05) is 11.6 Å². The first-order valence-corrected chi connectivity index (χ1v) is 5.60. The Morgan fingerprint density at radius 3 is 2.73 bits per heavy atom. The van der Waals surface area contributed by atoms with Crippen LogP contribution >= 0.6 is 11.6 Å². The van der Waals surface area contributed by atoms with Gasteiger partial charge in [-0.2, -0.15) is 0 Å². The second kappa shape index (κ2) is 4.51. The molecule has 1 aromatic rings. The van der Waals surface area contributed by atoms with Crippen LogP contribution in [-0.2, 0) is 18.3 Å². The monoisotopic (exact) mass is 229 g/mol. The van der Waals surface area contributed by atoms with Gasteiger partial charge in [-0.3, -0.25) is 0 Å². The van der Waals surface area contributed by atoms with E-state index >= 15 is 0 Å². The lowest BCUT2D eigenvalue weighted by atomic mass is 9.97. The highest BCUT2D eigenvalue weighted by atomic mass is 35.5. The highest BCUT2D eigenvalue weighted by Crippen LogP contribution is 2.31. The van der Waals surface area contributed by atoms with E-state index in [1.807, 2.05) is 11.6 Å². The van der Waals surface area contributed by atoms with E-state index in [0.29, 0.717) is 17.6 Å². The van der Waals surface area contributed by atoms with E-state index in [9.17, 15) is 0 Å². The minimum atomic E-state index is 0.430. The van der Waals surface area contributed by atoms with Crippen LogP contribution in [0.5, 0.6) is 0 Å². The molecule has 0 bridgehead atoms. The molecule has 0 radical (unpaired) electrons. The fourth-order valence-electron chi connectivity index (χ4n) is 2.12. The van der Waals surface area contributed by atoms with Crippen LogP contribution in [0.3, 0.4) is 0 Å². The maximum absolute atomic E-state index is 6.13. The van der Waals surface area contributed by atoms with E-state index in [2.05, 4.69) is 4.98 Å². The van der Waals surface area contributed by atoms with Crippen molar-refractivity contribution in [2.24, 2.45) is 12.8 Å². The van der Waals surface area contributed by atoms with Crippen LogP contribution in [0.4, 0.5) is 0 Å². The molecular weight excluding hydrogens is 214 g/mol. The smallest absolute Gasteiger partial charge is 0.150 e. The summed E-state index contributed by atoms with van der Waals surface area (Å²) >= 11 is 6.13. The van der Waals surface area contributed by atoms with Gasteiger partial charge in [0, 0.05) is 26.2 Å². The third-order valence-electron chi connectivity index (χ3n) is 2.98. The van der Waals surface area contributed by atoms with Crippen LogP contribution in [0, 0.1) is 0 Å². The lowest BCUT2D eigenvalue weighted by Gasteiger charge is -2.22. The molecule has 0 aromatic carbocycles. The number of rotatable bonds is 2. The fourth-order valence-corrected chi connectivity index (χ4v) is 2.50. The molecule has 1 aliphatic rings. The van der Waals surface area contributed by atoms with E-state index in [1.165, 1.54) is 0 Å². The Bertz CT molecular complexity index is 345. The zero-order valence-corrected chi connectivity index (χ0v) is 9.63. The van der Waals surface area contributed by atoms with E-state index in [1.54, 1.807) is 0 Å². The van der Waals surface area contributed by atoms with Crippen molar-refractivity contribution in [3.63, 3.8) is 0 Å². The molecule has 5 heteroatoms. The molecule has 0 amide bonds. The molecule has 0 spiro atoms. The molecule has 2 rings (SSSR count). The van der Waals surface area contributed by atoms with Gasteiger partial charge in [0.1, 0.15) is 5.82 Å². The summed E-state index contributed by atoms with van der Waals surface area (Å²) in [6, 6.07) is 0. The normalized spacial score (nSPS) is 18.3. The molecule has 2 heterocycles. The van der Waals surface area contributed by atoms with Crippen molar-refractivity contribution < 1.29 is 4.74 Å². The van der Waals surface area contributed by atoms with Crippen LogP contribution in [-0.4, -0.2) is 22.8 Å². The van der Waals surface area contributed by atoms with Gasteiger partial charge in [0.25, 0.3) is 0 Å². The Morgan fingerprint density at radius 2 is 2.20 bits per heavy atom. The van der Waals surface area contributed by atoms with Gasteiger partial charge in [0.2, 0.25) is 0 Å². The predicted molar refractivity (Wildman–Crippen MR) is 58.9 cm³/mol. The van der Waals surface area contributed by atoms with Crippen molar-refractivity contribution in [1.82, 2.24) is 9.55 Å². The van der Waals surface area contributed by atoms with E-state index in [-0.39, 0.29) is 0 Å². The highest BCUT2D eigenvalue weighted by Gasteiger charge is 2.23. The third kappa shape index (κ3) is 2.02. The van der Waals surface area contributed by atoms with Gasteiger partial charge in [-0.15, -0.1) is 0 Å². The van der Waals surface area contributed by atoms with Crippen LogP contribution < -0.4 is 5.73 Å². The van der Waals surface area contributed by atoms with E-state index in [0.717, 1.165) is 37.6 Å². The molecule has 0 aliphatic carbocycles. The molecule has 0 unspecified atom stereocenters. The molecule has 4 nitrogen and oxygen atoms in total. The molecule has 0 saturated carbocycles. The minimum Gasteiger partial charge on any atom is -0.381 e. The summed E-state index contributed by atoms with van der Waals surface area (Å²) in [5, 5.41) is 0.602. The first-order valence-electron chi connectivity index (χ1n) is 5.22. The van der Waals surface area contributed by atoms with Crippen LogP contribution in [0.25, 0.3) is 0 Å². The summed E-state index contributed by atoms with van der Waals surface area (Å²) in [6.45, 7) is 2.05. The number of halogens is 1. The second-order valence-corrected chi connectivity index (χ2v) is 4.21. The quantitative estimate of drug-likeness (QED) is 0.835. The molecule has 0 atom stereocenters. The van der Waals surface area contributed by atoms with Gasteiger partial charge >= 0.3 is 0 Å². The average molecular weight is 230 g/mol. The van der Waals surface area contributed by atoms with Crippen molar-refractivity contribution in [3.05, 3.63) is 16.7 Å². The maximum Gasteiger partial charge on any atom is 0.150 e. The Morgan fingerprint density at radius 1 is 1.53 bits per heavy atom. The first kappa shape index (κ1) is 10.9.